The van der Waals surface area contributed by atoms with E-state index in [-0.39, 0.29) is 5.91 Å². The molecule has 18 heavy (non-hydrogen) atoms. The SMILES string of the molecule is CN(Cc1ccco1)C(=O)CSCc1ccco1. The molecule has 0 unspecified atom stereocenters. The highest BCUT2D eigenvalue weighted by atomic mass is 32.2. The van der Waals surface area contributed by atoms with Crippen LogP contribution in [-0.4, -0.2) is 23.6 Å². The lowest BCUT2D eigenvalue weighted by Gasteiger charge is -2.15. The standard InChI is InChI=1S/C13H15NO3S/c1-14(8-11-4-2-6-16-11)13(15)10-18-9-12-5-3-7-17-12/h2-7H,8-10H2,1H3. The van der Waals surface area contributed by atoms with Crippen molar-refractivity contribution in [2.24, 2.45) is 0 Å². The molecule has 0 spiro atoms. The third kappa shape index (κ3) is 3.70. The number of furan rings is 2. The van der Waals surface area contributed by atoms with Crippen molar-refractivity contribution < 1.29 is 13.6 Å². The second-order valence-electron chi connectivity index (χ2n) is 3.90. The minimum atomic E-state index is 0.0861. The first-order valence-corrected chi connectivity index (χ1v) is 6.77. The molecule has 2 aromatic rings. The van der Waals surface area contributed by atoms with E-state index < -0.39 is 0 Å². The molecule has 0 aliphatic rings. The Kier molecular flexibility index (Phi) is 4.52. The third-order valence-corrected chi connectivity index (χ3v) is 3.39. The lowest BCUT2D eigenvalue weighted by molar-refractivity contribution is -0.127. The largest absolute Gasteiger partial charge is 0.468 e. The van der Waals surface area contributed by atoms with Gasteiger partial charge in [-0.25, -0.2) is 0 Å². The number of thioether (sulfide) groups is 1. The highest BCUT2D eigenvalue weighted by Gasteiger charge is 2.10. The number of amides is 1. The predicted octanol–water partition coefficient (Wildman–Crippen LogP) is 2.76. The van der Waals surface area contributed by atoms with Crippen LogP contribution in [0.1, 0.15) is 11.5 Å². The van der Waals surface area contributed by atoms with Gasteiger partial charge >= 0.3 is 0 Å². The third-order valence-electron chi connectivity index (χ3n) is 2.45. The quantitative estimate of drug-likeness (QED) is 0.805. The zero-order valence-corrected chi connectivity index (χ0v) is 11.0. The maximum Gasteiger partial charge on any atom is 0.232 e. The Balaban J connectivity index is 1.70. The van der Waals surface area contributed by atoms with Crippen molar-refractivity contribution in [3.63, 3.8) is 0 Å². The van der Waals surface area contributed by atoms with Gasteiger partial charge in [-0.15, -0.1) is 11.8 Å². The van der Waals surface area contributed by atoms with Crippen LogP contribution in [0.3, 0.4) is 0 Å². The number of carbonyl (C=O) groups is 1. The van der Waals surface area contributed by atoms with E-state index in [0.29, 0.717) is 18.1 Å². The van der Waals surface area contributed by atoms with Gasteiger partial charge in [0.05, 0.1) is 30.6 Å². The van der Waals surface area contributed by atoms with E-state index in [1.807, 2.05) is 24.3 Å². The molecule has 1 amide bonds. The van der Waals surface area contributed by atoms with Gasteiger partial charge in [0.1, 0.15) is 11.5 Å². The van der Waals surface area contributed by atoms with Crippen LogP contribution < -0.4 is 0 Å². The summed E-state index contributed by atoms with van der Waals surface area (Å²) >= 11 is 1.54. The van der Waals surface area contributed by atoms with Crippen LogP contribution in [0.4, 0.5) is 0 Å². The van der Waals surface area contributed by atoms with E-state index in [0.717, 1.165) is 11.5 Å². The van der Waals surface area contributed by atoms with Crippen molar-refractivity contribution in [2.75, 3.05) is 12.8 Å². The first-order chi connectivity index (χ1) is 8.75. The van der Waals surface area contributed by atoms with Crippen LogP contribution in [0.5, 0.6) is 0 Å². The van der Waals surface area contributed by atoms with Crippen LogP contribution in [-0.2, 0) is 17.1 Å². The Morgan fingerprint density at radius 2 is 1.89 bits per heavy atom. The van der Waals surface area contributed by atoms with E-state index in [1.165, 1.54) is 0 Å². The van der Waals surface area contributed by atoms with Crippen molar-refractivity contribution in [1.29, 1.82) is 0 Å². The number of hydrogen-bond acceptors (Lipinski definition) is 4. The predicted molar refractivity (Wildman–Crippen MR) is 70.1 cm³/mol. The highest BCUT2D eigenvalue weighted by Crippen LogP contribution is 2.13. The van der Waals surface area contributed by atoms with Crippen LogP contribution in [0.15, 0.2) is 45.6 Å². The molecule has 0 aromatic carbocycles. The Labute approximate surface area is 110 Å². The van der Waals surface area contributed by atoms with E-state index in [1.54, 1.807) is 36.2 Å². The Bertz CT molecular complexity index is 464. The normalized spacial score (nSPS) is 10.5. The van der Waals surface area contributed by atoms with Gasteiger partial charge in [-0.2, -0.15) is 0 Å². The molecule has 0 atom stereocenters. The Morgan fingerprint density at radius 1 is 1.22 bits per heavy atom. The molecule has 0 N–H and O–H groups in total. The monoisotopic (exact) mass is 265 g/mol. The van der Waals surface area contributed by atoms with Gasteiger partial charge in [0.15, 0.2) is 0 Å². The average molecular weight is 265 g/mol. The topological polar surface area (TPSA) is 46.6 Å². The number of carbonyl (C=O) groups excluding carboxylic acids is 1. The minimum absolute atomic E-state index is 0.0861. The van der Waals surface area contributed by atoms with Crippen molar-refractivity contribution >= 4 is 17.7 Å². The van der Waals surface area contributed by atoms with Gasteiger partial charge in [0, 0.05) is 7.05 Å². The molecule has 4 nitrogen and oxygen atoms in total. The van der Waals surface area contributed by atoms with Crippen LogP contribution >= 0.6 is 11.8 Å². The summed E-state index contributed by atoms with van der Waals surface area (Å²) in [6.45, 7) is 0.507. The molecule has 96 valence electrons. The van der Waals surface area contributed by atoms with Crippen LogP contribution in [0.2, 0.25) is 0 Å². The molecule has 5 heteroatoms. The first kappa shape index (κ1) is 12.8. The summed E-state index contributed by atoms with van der Waals surface area (Å²) < 4.78 is 10.4. The molecule has 0 fully saturated rings. The molecule has 0 aliphatic heterocycles. The number of hydrogen-bond donors (Lipinski definition) is 0. The fourth-order valence-electron chi connectivity index (χ4n) is 1.47. The summed E-state index contributed by atoms with van der Waals surface area (Å²) in [4.78, 5) is 13.5. The fraction of sp³-hybridized carbons (Fsp3) is 0.308. The summed E-state index contributed by atoms with van der Waals surface area (Å²) in [7, 11) is 1.78. The number of nitrogens with zero attached hydrogens (tertiary/aromatic N) is 1. The van der Waals surface area contributed by atoms with Crippen molar-refractivity contribution in [3.05, 3.63) is 48.3 Å². The molecule has 2 rings (SSSR count). The van der Waals surface area contributed by atoms with Gasteiger partial charge < -0.3 is 13.7 Å². The Morgan fingerprint density at radius 3 is 2.50 bits per heavy atom. The fourth-order valence-corrected chi connectivity index (χ4v) is 2.33. The van der Waals surface area contributed by atoms with Crippen LogP contribution in [0, 0.1) is 0 Å². The van der Waals surface area contributed by atoms with Gasteiger partial charge in [0.2, 0.25) is 5.91 Å². The molecule has 2 heterocycles. The van der Waals surface area contributed by atoms with Gasteiger partial charge in [-0.1, -0.05) is 0 Å². The number of rotatable bonds is 6. The molecular formula is C13H15NO3S. The second-order valence-corrected chi connectivity index (χ2v) is 4.89. The van der Waals surface area contributed by atoms with E-state index >= 15 is 0 Å². The summed E-state index contributed by atoms with van der Waals surface area (Å²) in [5.41, 5.74) is 0. The van der Waals surface area contributed by atoms with Crippen LogP contribution in [0.25, 0.3) is 0 Å². The smallest absolute Gasteiger partial charge is 0.232 e. The Hall–Kier alpha value is -1.62. The van der Waals surface area contributed by atoms with E-state index in [9.17, 15) is 4.79 Å². The zero-order chi connectivity index (χ0) is 12.8. The molecule has 0 bridgehead atoms. The molecule has 0 radical (unpaired) electrons. The first-order valence-electron chi connectivity index (χ1n) is 5.62. The molecule has 0 aliphatic carbocycles. The van der Waals surface area contributed by atoms with Crippen molar-refractivity contribution in [3.8, 4) is 0 Å². The average Bonchev–Trinajstić information content (AvgIpc) is 3.01. The second kappa shape index (κ2) is 6.35. The summed E-state index contributed by atoms with van der Waals surface area (Å²) in [6, 6.07) is 7.43. The van der Waals surface area contributed by atoms with E-state index in [4.69, 9.17) is 8.83 Å². The molecule has 0 saturated carbocycles. The molecule has 2 aromatic heterocycles. The summed E-state index contributed by atoms with van der Waals surface area (Å²) in [5.74, 6) is 2.93. The highest BCUT2D eigenvalue weighted by molar-refractivity contribution is 7.99. The lowest BCUT2D eigenvalue weighted by Crippen LogP contribution is -2.27. The summed E-state index contributed by atoms with van der Waals surface area (Å²) in [6.07, 6.45) is 3.25. The molecule has 0 saturated heterocycles. The van der Waals surface area contributed by atoms with Crippen molar-refractivity contribution in [2.45, 2.75) is 12.3 Å². The minimum Gasteiger partial charge on any atom is -0.468 e. The van der Waals surface area contributed by atoms with Gasteiger partial charge in [0.25, 0.3) is 0 Å². The lowest BCUT2D eigenvalue weighted by atomic mass is 10.4. The van der Waals surface area contributed by atoms with E-state index in [2.05, 4.69) is 0 Å². The van der Waals surface area contributed by atoms with Crippen molar-refractivity contribution in [1.82, 2.24) is 4.90 Å². The zero-order valence-electron chi connectivity index (χ0n) is 10.2. The summed E-state index contributed by atoms with van der Waals surface area (Å²) in [5, 5.41) is 0. The van der Waals surface area contributed by atoms with Gasteiger partial charge in [-0.05, 0) is 24.3 Å². The maximum atomic E-state index is 11.8. The van der Waals surface area contributed by atoms with Gasteiger partial charge in [-0.3, -0.25) is 4.79 Å². The maximum absolute atomic E-state index is 11.8. The molecular weight excluding hydrogens is 250 g/mol.